The number of cyclic esters (lactones) is 1. The number of anilines is 2. The molecule has 2 aromatic carbocycles. The Morgan fingerprint density at radius 1 is 1.21 bits per heavy atom. The fourth-order valence-electron chi connectivity index (χ4n) is 4.81. The number of nitrogens with one attached hydrogen (secondary N) is 2. The molecule has 2 bridgehead atoms. The van der Waals surface area contributed by atoms with E-state index in [1.165, 1.54) is 7.05 Å². The van der Waals surface area contributed by atoms with Gasteiger partial charge in [-0.2, -0.15) is 0 Å². The Bertz CT molecular complexity index is 1440. The van der Waals surface area contributed by atoms with Crippen LogP contribution in [0.2, 0.25) is 5.02 Å². The largest absolute Gasteiger partial charge is 0.465 e. The maximum atomic E-state index is 13.2. The summed E-state index contributed by atoms with van der Waals surface area (Å²) in [6.45, 7) is 0.464. The van der Waals surface area contributed by atoms with Crippen LogP contribution >= 0.6 is 11.6 Å². The summed E-state index contributed by atoms with van der Waals surface area (Å²) in [7, 11) is 1.43. The minimum atomic E-state index is -1.12. The first-order valence-electron chi connectivity index (χ1n) is 12.6. The van der Waals surface area contributed by atoms with Gasteiger partial charge in [0.25, 0.3) is 0 Å². The number of imidazole rings is 1. The highest BCUT2D eigenvalue weighted by Gasteiger charge is 2.35. The van der Waals surface area contributed by atoms with Gasteiger partial charge in [-0.15, -0.1) is 0 Å². The van der Waals surface area contributed by atoms with E-state index in [2.05, 4.69) is 15.3 Å². The molecular weight excluding hydrogens is 522 g/mol. The molecule has 11 heteroatoms. The van der Waals surface area contributed by atoms with Gasteiger partial charge in [0.15, 0.2) is 0 Å². The van der Waals surface area contributed by atoms with E-state index in [1.807, 2.05) is 30.4 Å². The Kier molecular flexibility index (Phi) is 7.56. The summed E-state index contributed by atoms with van der Waals surface area (Å²) in [6.07, 6.45) is 5.41. The topological polar surface area (TPSA) is 128 Å². The lowest BCUT2D eigenvalue weighted by molar-refractivity contribution is -0.116. The highest BCUT2D eigenvalue weighted by molar-refractivity contribution is 6.30. The van der Waals surface area contributed by atoms with Gasteiger partial charge in [0.2, 0.25) is 5.91 Å². The van der Waals surface area contributed by atoms with Gasteiger partial charge in [0, 0.05) is 42.7 Å². The highest BCUT2D eigenvalue weighted by Crippen LogP contribution is 2.36. The van der Waals surface area contributed by atoms with Crippen LogP contribution in [0.3, 0.4) is 0 Å². The Morgan fingerprint density at radius 2 is 2.05 bits per heavy atom. The van der Waals surface area contributed by atoms with Crippen LogP contribution in [0, 0.1) is 0 Å². The summed E-state index contributed by atoms with van der Waals surface area (Å²) in [5.41, 5.74) is 3.00. The quantitative estimate of drug-likeness (QED) is 0.336. The van der Waals surface area contributed by atoms with Crippen molar-refractivity contribution >= 4 is 41.1 Å². The van der Waals surface area contributed by atoms with Crippen molar-refractivity contribution in [2.45, 2.75) is 37.8 Å². The zero-order valence-corrected chi connectivity index (χ0v) is 22.0. The molecule has 0 radical (unpaired) electrons. The number of carbonyl (C=O) groups excluding carboxylic acids is 2. The standard InChI is InChI=1S/C28H28ClN5O5/c1-33(27(36)37)19-10-11-20-21(15-19)31-25(35)9-4-2-3-8-23(26-30-16-22(20)32-26)34-13-12-24(39-28(34)38)17-6-5-7-18(29)14-17/h2-3,5-7,10-11,14-16,23-24H,4,8-9,12-13H2,1H3,(H,30,32)(H,31,35)(H,36,37)/t23-,24-/m0/s1. The lowest BCUT2D eigenvalue weighted by Crippen LogP contribution is -2.41. The first kappa shape index (κ1) is 26.3. The first-order valence-corrected chi connectivity index (χ1v) is 13.0. The monoisotopic (exact) mass is 549 g/mol. The molecule has 5 rings (SSSR count). The van der Waals surface area contributed by atoms with Crippen LogP contribution < -0.4 is 10.2 Å². The van der Waals surface area contributed by atoms with E-state index < -0.39 is 18.2 Å². The molecule has 3 N–H and O–H groups in total. The summed E-state index contributed by atoms with van der Waals surface area (Å²) in [5.74, 6) is 0.384. The fraction of sp³-hybridized carbons (Fsp3) is 0.286. The predicted octanol–water partition coefficient (Wildman–Crippen LogP) is 6.15. The van der Waals surface area contributed by atoms with Crippen molar-refractivity contribution in [1.29, 1.82) is 0 Å². The van der Waals surface area contributed by atoms with E-state index in [9.17, 15) is 19.5 Å². The summed E-state index contributed by atoms with van der Waals surface area (Å²) >= 11 is 6.13. The SMILES string of the molecule is CN(C(=O)O)c1ccc2c(c1)NC(=O)CCC=CC[C@H](N1CC[C@@H](c3cccc(Cl)c3)OC1=O)c1ncc-2[nH]1. The second kappa shape index (κ2) is 11.2. The van der Waals surface area contributed by atoms with Crippen molar-refractivity contribution in [1.82, 2.24) is 14.9 Å². The third kappa shape index (κ3) is 5.75. The molecule has 39 heavy (non-hydrogen) atoms. The van der Waals surface area contributed by atoms with Crippen LogP contribution in [0.5, 0.6) is 0 Å². The Labute approximate surface area is 230 Å². The maximum Gasteiger partial charge on any atom is 0.411 e. The number of H-pyrrole nitrogens is 1. The van der Waals surface area contributed by atoms with Gasteiger partial charge in [-0.25, -0.2) is 14.6 Å². The Morgan fingerprint density at radius 3 is 2.82 bits per heavy atom. The summed E-state index contributed by atoms with van der Waals surface area (Å²) < 4.78 is 5.81. The average Bonchev–Trinajstić information content (AvgIpc) is 3.40. The van der Waals surface area contributed by atoms with Crippen molar-refractivity contribution in [3.05, 3.63) is 77.2 Å². The molecule has 0 aliphatic carbocycles. The molecule has 10 nitrogen and oxygen atoms in total. The van der Waals surface area contributed by atoms with Gasteiger partial charge in [-0.05, 0) is 48.7 Å². The highest BCUT2D eigenvalue weighted by atomic mass is 35.5. The number of aromatic amines is 1. The van der Waals surface area contributed by atoms with E-state index in [4.69, 9.17) is 16.3 Å². The zero-order chi connectivity index (χ0) is 27.5. The number of fused-ring (bicyclic) bond motifs is 4. The predicted molar refractivity (Wildman–Crippen MR) is 147 cm³/mol. The van der Waals surface area contributed by atoms with Gasteiger partial charge in [0.1, 0.15) is 11.9 Å². The lowest BCUT2D eigenvalue weighted by Gasteiger charge is -2.36. The van der Waals surface area contributed by atoms with Crippen molar-refractivity contribution < 1.29 is 24.2 Å². The van der Waals surface area contributed by atoms with Crippen molar-refractivity contribution in [2.75, 3.05) is 23.8 Å². The number of amides is 3. The van der Waals surface area contributed by atoms with Crippen LogP contribution in [0.1, 0.15) is 49.2 Å². The molecule has 202 valence electrons. The number of hydrogen-bond acceptors (Lipinski definition) is 5. The molecule has 1 aromatic heterocycles. The van der Waals surface area contributed by atoms with Gasteiger partial charge < -0.3 is 20.1 Å². The fourth-order valence-corrected chi connectivity index (χ4v) is 5.01. The lowest BCUT2D eigenvalue weighted by atomic mass is 10.0. The zero-order valence-electron chi connectivity index (χ0n) is 21.3. The molecule has 2 atom stereocenters. The summed E-state index contributed by atoms with van der Waals surface area (Å²) in [4.78, 5) is 48.0. The molecule has 2 aliphatic heterocycles. The molecular formula is C28H28ClN5O5. The summed E-state index contributed by atoms with van der Waals surface area (Å²) in [5, 5.41) is 12.9. The van der Waals surface area contributed by atoms with Crippen LogP contribution in [0.15, 0.2) is 60.8 Å². The van der Waals surface area contributed by atoms with Crippen LogP contribution in [0.25, 0.3) is 11.3 Å². The normalized spacial score (nSPS) is 19.6. The number of aromatic nitrogens is 2. The van der Waals surface area contributed by atoms with Crippen LogP contribution in [-0.2, 0) is 9.53 Å². The van der Waals surface area contributed by atoms with E-state index in [1.54, 1.807) is 35.4 Å². The number of nitrogens with zero attached hydrogens (tertiary/aromatic N) is 3. The van der Waals surface area contributed by atoms with Gasteiger partial charge in [0.05, 0.1) is 23.6 Å². The number of allylic oxidation sites excluding steroid dienone is 1. The van der Waals surface area contributed by atoms with Crippen molar-refractivity contribution in [3.8, 4) is 11.3 Å². The Hall–Kier alpha value is -4.31. The minimum absolute atomic E-state index is 0.196. The van der Waals surface area contributed by atoms with E-state index in [-0.39, 0.29) is 18.4 Å². The molecule has 0 saturated carbocycles. The van der Waals surface area contributed by atoms with Crippen LogP contribution in [-0.4, -0.2) is 51.7 Å². The van der Waals surface area contributed by atoms with Crippen molar-refractivity contribution in [3.63, 3.8) is 0 Å². The first-order chi connectivity index (χ1) is 18.8. The van der Waals surface area contributed by atoms with Crippen LogP contribution in [0.4, 0.5) is 21.0 Å². The minimum Gasteiger partial charge on any atom is -0.465 e. The third-order valence-corrected chi connectivity index (χ3v) is 7.16. The molecule has 3 aromatic rings. The second-order valence-corrected chi connectivity index (χ2v) is 9.91. The number of ether oxygens (including phenoxy) is 1. The Balaban J connectivity index is 1.45. The van der Waals surface area contributed by atoms with Gasteiger partial charge in [-0.1, -0.05) is 35.9 Å². The van der Waals surface area contributed by atoms with Crippen molar-refractivity contribution in [2.24, 2.45) is 0 Å². The third-order valence-electron chi connectivity index (χ3n) is 6.92. The number of rotatable bonds is 3. The molecule has 1 saturated heterocycles. The second-order valence-electron chi connectivity index (χ2n) is 9.47. The molecule has 0 spiro atoms. The molecule has 3 heterocycles. The number of hydrogen-bond donors (Lipinski definition) is 3. The van der Waals surface area contributed by atoms with Gasteiger partial charge in [-0.3, -0.25) is 14.6 Å². The average molecular weight is 550 g/mol. The van der Waals surface area contributed by atoms with E-state index >= 15 is 0 Å². The number of halogens is 1. The molecule has 0 unspecified atom stereocenters. The number of carbonyl (C=O) groups is 3. The molecule has 3 amide bonds. The maximum absolute atomic E-state index is 13.2. The van der Waals surface area contributed by atoms with E-state index in [0.29, 0.717) is 59.3 Å². The smallest absolute Gasteiger partial charge is 0.411 e. The molecule has 2 aliphatic rings. The number of carboxylic acid groups (broad SMARTS) is 1. The summed E-state index contributed by atoms with van der Waals surface area (Å²) in [6, 6.07) is 11.9. The molecule has 1 fully saturated rings. The van der Waals surface area contributed by atoms with Gasteiger partial charge >= 0.3 is 12.2 Å². The number of benzene rings is 2. The van der Waals surface area contributed by atoms with E-state index in [0.717, 1.165) is 10.5 Å².